The SMILES string of the molecule is Cc1cccc(NC(=O)NCc2ncc[nH]2)c1. The molecule has 5 nitrogen and oxygen atoms in total. The number of hydrogen-bond donors (Lipinski definition) is 3. The highest BCUT2D eigenvalue weighted by Crippen LogP contribution is 2.08. The number of H-pyrrole nitrogens is 1. The number of nitrogens with zero attached hydrogens (tertiary/aromatic N) is 1. The lowest BCUT2D eigenvalue weighted by atomic mass is 10.2. The number of nitrogens with one attached hydrogen (secondary N) is 3. The molecule has 1 heterocycles. The normalized spacial score (nSPS) is 9.94. The fourth-order valence-electron chi connectivity index (χ4n) is 1.46. The molecule has 2 rings (SSSR count). The van der Waals surface area contributed by atoms with E-state index < -0.39 is 0 Å². The molecular formula is C12H14N4O. The number of amides is 2. The van der Waals surface area contributed by atoms with Gasteiger partial charge in [-0.1, -0.05) is 12.1 Å². The molecule has 2 aromatic rings. The number of aromatic amines is 1. The van der Waals surface area contributed by atoms with Crippen LogP contribution in [0.5, 0.6) is 0 Å². The lowest BCUT2D eigenvalue weighted by molar-refractivity contribution is 0.251. The number of rotatable bonds is 3. The molecule has 5 heteroatoms. The van der Waals surface area contributed by atoms with Crippen molar-refractivity contribution < 1.29 is 4.79 Å². The van der Waals surface area contributed by atoms with Crippen molar-refractivity contribution in [3.8, 4) is 0 Å². The number of aromatic nitrogens is 2. The predicted molar refractivity (Wildman–Crippen MR) is 65.6 cm³/mol. The van der Waals surface area contributed by atoms with Gasteiger partial charge in [0.25, 0.3) is 0 Å². The molecule has 0 fully saturated rings. The summed E-state index contributed by atoms with van der Waals surface area (Å²) in [5.74, 6) is 0.726. The van der Waals surface area contributed by atoms with Crippen LogP contribution < -0.4 is 10.6 Å². The number of urea groups is 1. The molecule has 2 amide bonds. The highest BCUT2D eigenvalue weighted by atomic mass is 16.2. The van der Waals surface area contributed by atoms with Gasteiger partial charge in [0, 0.05) is 18.1 Å². The van der Waals surface area contributed by atoms with Gasteiger partial charge in [-0.15, -0.1) is 0 Å². The molecule has 0 aliphatic carbocycles. The van der Waals surface area contributed by atoms with Crippen LogP contribution in [0.15, 0.2) is 36.7 Å². The zero-order chi connectivity index (χ0) is 12.1. The van der Waals surface area contributed by atoms with E-state index >= 15 is 0 Å². The Bertz CT molecular complexity index is 493. The summed E-state index contributed by atoms with van der Waals surface area (Å²) in [6.07, 6.45) is 3.37. The average Bonchev–Trinajstić information content (AvgIpc) is 2.79. The molecule has 0 spiro atoms. The van der Waals surface area contributed by atoms with E-state index in [1.54, 1.807) is 12.4 Å². The molecule has 0 bridgehead atoms. The quantitative estimate of drug-likeness (QED) is 0.755. The number of aryl methyl sites for hydroxylation is 1. The van der Waals surface area contributed by atoms with Gasteiger partial charge in [0.15, 0.2) is 0 Å². The lowest BCUT2D eigenvalue weighted by Crippen LogP contribution is -2.28. The molecule has 3 N–H and O–H groups in total. The maximum atomic E-state index is 11.6. The zero-order valence-corrected chi connectivity index (χ0v) is 9.53. The first kappa shape index (κ1) is 11.2. The minimum atomic E-state index is -0.244. The van der Waals surface area contributed by atoms with Crippen LogP contribution in [-0.2, 0) is 6.54 Å². The fraction of sp³-hybridized carbons (Fsp3) is 0.167. The van der Waals surface area contributed by atoms with Gasteiger partial charge in [0.2, 0.25) is 0 Å². The Balaban J connectivity index is 1.85. The first-order valence-corrected chi connectivity index (χ1v) is 5.34. The van der Waals surface area contributed by atoms with Gasteiger partial charge in [0.05, 0.1) is 6.54 Å². The summed E-state index contributed by atoms with van der Waals surface area (Å²) in [4.78, 5) is 18.5. The molecule has 0 radical (unpaired) electrons. The Morgan fingerprint density at radius 2 is 2.35 bits per heavy atom. The second kappa shape index (κ2) is 5.16. The molecule has 0 aliphatic heterocycles. The van der Waals surface area contributed by atoms with E-state index in [1.165, 1.54) is 0 Å². The van der Waals surface area contributed by atoms with E-state index in [4.69, 9.17) is 0 Å². The molecular weight excluding hydrogens is 216 g/mol. The molecule has 0 atom stereocenters. The third-order valence-corrected chi connectivity index (χ3v) is 2.25. The minimum Gasteiger partial charge on any atom is -0.347 e. The first-order chi connectivity index (χ1) is 8.24. The van der Waals surface area contributed by atoms with Crippen LogP contribution in [0, 0.1) is 6.92 Å². The highest BCUT2D eigenvalue weighted by Gasteiger charge is 2.02. The van der Waals surface area contributed by atoms with Crippen molar-refractivity contribution in [2.75, 3.05) is 5.32 Å². The summed E-state index contributed by atoms with van der Waals surface area (Å²) < 4.78 is 0. The number of carbonyl (C=O) groups excluding carboxylic acids is 1. The van der Waals surface area contributed by atoms with Gasteiger partial charge < -0.3 is 15.6 Å². The molecule has 0 aliphatic rings. The molecule has 0 unspecified atom stereocenters. The van der Waals surface area contributed by atoms with Crippen molar-refractivity contribution >= 4 is 11.7 Å². The van der Waals surface area contributed by atoms with Gasteiger partial charge in [0.1, 0.15) is 5.82 Å². The van der Waals surface area contributed by atoms with E-state index in [2.05, 4.69) is 20.6 Å². The van der Waals surface area contributed by atoms with Crippen LogP contribution in [0.3, 0.4) is 0 Å². The molecule has 88 valence electrons. The number of hydrogen-bond acceptors (Lipinski definition) is 2. The van der Waals surface area contributed by atoms with E-state index in [0.29, 0.717) is 6.54 Å². The fourth-order valence-corrected chi connectivity index (χ4v) is 1.46. The summed E-state index contributed by atoms with van der Waals surface area (Å²) in [5.41, 5.74) is 1.88. The first-order valence-electron chi connectivity index (χ1n) is 5.34. The van der Waals surface area contributed by atoms with Crippen LogP contribution in [0.1, 0.15) is 11.4 Å². The van der Waals surface area contributed by atoms with Crippen molar-refractivity contribution in [1.29, 1.82) is 0 Å². The second-order valence-corrected chi connectivity index (χ2v) is 3.71. The van der Waals surface area contributed by atoms with Crippen molar-refractivity contribution in [3.63, 3.8) is 0 Å². The number of imidazole rings is 1. The van der Waals surface area contributed by atoms with E-state index in [-0.39, 0.29) is 6.03 Å². The number of carbonyl (C=O) groups is 1. The lowest BCUT2D eigenvalue weighted by Gasteiger charge is -2.06. The van der Waals surface area contributed by atoms with Gasteiger partial charge in [-0.05, 0) is 24.6 Å². The Hall–Kier alpha value is -2.30. The van der Waals surface area contributed by atoms with Crippen molar-refractivity contribution in [3.05, 3.63) is 48.0 Å². The molecule has 17 heavy (non-hydrogen) atoms. The summed E-state index contributed by atoms with van der Waals surface area (Å²) >= 11 is 0. The van der Waals surface area contributed by atoms with Gasteiger partial charge >= 0.3 is 6.03 Å². The Morgan fingerprint density at radius 3 is 3.06 bits per heavy atom. The maximum Gasteiger partial charge on any atom is 0.319 e. The maximum absolute atomic E-state index is 11.6. The van der Waals surface area contributed by atoms with E-state index in [9.17, 15) is 4.79 Å². The Kier molecular flexibility index (Phi) is 3.40. The monoisotopic (exact) mass is 230 g/mol. The molecule has 1 aromatic carbocycles. The van der Waals surface area contributed by atoms with Crippen molar-refractivity contribution in [2.45, 2.75) is 13.5 Å². The van der Waals surface area contributed by atoms with E-state index in [0.717, 1.165) is 17.1 Å². The number of anilines is 1. The zero-order valence-electron chi connectivity index (χ0n) is 9.53. The van der Waals surface area contributed by atoms with Crippen molar-refractivity contribution in [2.24, 2.45) is 0 Å². The topological polar surface area (TPSA) is 69.8 Å². The summed E-state index contributed by atoms with van der Waals surface area (Å²) in [6.45, 7) is 2.36. The van der Waals surface area contributed by atoms with Crippen LogP contribution in [0.25, 0.3) is 0 Å². The van der Waals surface area contributed by atoms with Crippen LogP contribution >= 0.6 is 0 Å². The van der Waals surface area contributed by atoms with Crippen LogP contribution in [-0.4, -0.2) is 16.0 Å². The second-order valence-electron chi connectivity index (χ2n) is 3.71. The Labute approximate surface area is 99.3 Å². The highest BCUT2D eigenvalue weighted by molar-refractivity contribution is 5.89. The van der Waals surface area contributed by atoms with Crippen molar-refractivity contribution in [1.82, 2.24) is 15.3 Å². The third kappa shape index (κ3) is 3.34. The number of benzene rings is 1. The molecule has 1 aromatic heterocycles. The smallest absolute Gasteiger partial charge is 0.319 e. The summed E-state index contributed by atoms with van der Waals surface area (Å²) in [6, 6.07) is 7.39. The largest absolute Gasteiger partial charge is 0.347 e. The average molecular weight is 230 g/mol. The minimum absolute atomic E-state index is 0.244. The van der Waals surface area contributed by atoms with Gasteiger partial charge in [-0.25, -0.2) is 9.78 Å². The van der Waals surface area contributed by atoms with Gasteiger partial charge in [-0.3, -0.25) is 0 Å². The van der Waals surface area contributed by atoms with Gasteiger partial charge in [-0.2, -0.15) is 0 Å². The Morgan fingerprint density at radius 1 is 1.47 bits per heavy atom. The summed E-state index contributed by atoms with van der Waals surface area (Å²) in [5, 5.41) is 5.46. The third-order valence-electron chi connectivity index (χ3n) is 2.25. The predicted octanol–water partition coefficient (Wildman–Crippen LogP) is 2.04. The van der Waals surface area contributed by atoms with Crippen LogP contribution in [0.4, 0.5) is 10.5 Å². The molecule has 0 saturated heterocycles. The van der Waals surface area contributed by atoms with Crippen LogP contribution in [0.2, 0.25) is 0 Å². The summed E-state index contributed by atoms with van der Waals surface area (Å²) in [7, 11) is 0. The standard InChI is InChI=1S/C12H14N4O/c1-9-3-2-4-10(7-9)16-12(17)15-8-11-13-5-6-14-11/h2-7H,8H2,1H3,(H,13,14)(H2,15,16,17). The van der Waals surface area contributed by atoms with E-state index in [1.807, 2.05) is 31.2 Å². The molecule has 0 saturated carbocycles.